The van der Waals surface area contributed by atoms with E-state index in [2.05, 4.69) is 32.7 Å². The molecule has 1 aromatic rings. The normalized spacial score (nSPS) is 16.1. The van der Waals surface area contributed by atoms with Gasteiger partial charge in [0.2, 0.25) is 0 Å². The van der Waals surface area contributed by atoms with Crippen molar-refractivity contribution in [2.24, 2.45) is 18.4 Å². The average molecular weight is 224 g/mol. The molecular formula is C13H24N2O. The molecule has 2 unspecified atom stereocenters. The zero-order valence-corrected chi connectivity index (χ0v) is 11.1. The molecule has 1 aromatic heterocycles. The minimum Gasteiger partial charge on any atom is -0.385 e. The molecule has 0 fully saturated rings. The zero-order chi connectivity index (χ0) is 12.3. The van der Waals surface area contributed by atoms with E-state index in [0.717, 1.165) is 18.7 Å². The first-order valence-electron chi connectivity index (χ1n) is 5.95. The Labute approximate surface area is 98.5 Å². The molecule has 3 nitrogen and oxygen atoms in total. The molecule has 0 bridgehead atoms. The SMILES string of the molecule is CC(CC(O)c1nccn1C)CC(C)(C)C. The molecule has 1 rings (SSSR count). The van der Waals surface area contributed by atoms with Gasteiger partial charge in [0, 0.05) is 19.4 Å². The van der Waals surface area contributed by atoms with Gasteiger partial charge in [-0.05, 0) is 24.2 Å². The number of aliphatic hydroxyl groups excluding tert-OH is 1. The lowest BCUT2D eigenvalue weighted by molar-refractivity contribution is 0.123. The fourth-order valence-electron chi connectivity index (χ4n) is 2.31. The second kappa shape index (κ2) is 5.00. The highest BCUT2D eigenvalue weighted by molar-refractivity contribution is 4.95. The Bertz CT molecular complexity index is 325. The number of nitrogens with zero attached hydrogens (tertiary/aromatic N) is 2. The summed E-state index contributed by atoms with van der Waals surface area (Å²) in [6, 6.07) is 0. The zero-order valence-electron chi connectivity index (χ0n) is 11.1. The molecule has 2 atom stereocenters. The molecule has 0 aromatic carbocycles. The molecule has 0 saturated heterocycles. The van der Waals surface area contributed by atoms with Crippen molar-refractivity contribution in [1.29, 1.82) is 0 Å². The molecule has 0 aliphatic heterocycles. The van der Waals surface area contributed by atoms with Gasteiger partial charge in [-0.2, -0.15) is 0 Å². The van der Waals surface area contributed by atoms with Gasteiger partial charge in [-0.25, -0.2) is 4.98 Å². The maximum atomic E-state index is 10.1. The van der Waals surface area contributed by atoms with Crippen molar-refractivity contribution in [1.82, 2.24) is 9.55 Å². The molecule has 0 radical (unpaired) electrons. The second-order valence-corrected chi connectivity index (χ2v) is 6.02. The monoisotopic (exact) mass is 224 g/mol. The van der Waals surface area contributed by atoms with Gasteiger partial charge in [0.1, 0.15) is 11.9 Å². The number of hydrogen-bond acceptors (Lipinski definition) is 2. The van der Waals surface area contributed by atoms with Gasteiger partial charge >= 0.3 is 0 Å². The molecule has 1 N–H and O–H groups in total. The standard InChI is InChI=1S/C13H24N2O/c1-10(9-13(2,3)4)8-11(16)12-14-6-7-15(12)5/h6-7,10-11,16H,8-9H2,1-5H3. The van der Waals surface area contributed by atoms with Crippen LogP contribution in [0.2, 0.25) is 0 Å². The molecule has 92 valence electrons. The number of aromatic nitrogens is 2. The third-order valence-corrected chi connectivity index (χ3v) is 2.74. The lowest BCUT2D eigenvalue weighted by Crippen LogP contribution is -2.15. The van der Waals surface area contributed by atoms with Crippen LogP contribution in [0.3, 0.4) is 0 Å². The van der Waals surface area contributed by atoms with Crippen LogP contribution in [0.5, 0.6) is 0 Å². The maximum absolute atomic E-state index is 10.1. The molecule has 1 heterocycles. The van der Waals surface area contributed by atoms with Crippen LogP contribution in [0.1, 0.15) is 52.5 Å². The Kier molecular flexibility index (Phi) is 4.14. The summed E-state index contributed by atoms with van der Waals surface area (Å²) >= 11 is 0. The smallest absolute Gasteiger partial charge is 0.137 e. The van der Waals surface area contributed by atoms with Crippen LogP contribution < -0.4 is 0 Å². The van der Waals surface area contributed by atoms with Crippen molar-refractivity contribution >= 4 is 0 Å². The molecule has 16 heavy (non-hydrogen) atoms. The van der Waals surface area contributed by atoms with Crippen LogP contribution in [-0.2, 0) is 7.05 Å². The van der Waals surface area contributed by atoms with Crippen molar-refractivity contribution in [2.75, 3.05) is 0 Å². The van der Waals surface area contributed by atoms with E-state index in [1.165, 1.54) is 0 Å². The highest BCUT2D eigenvalue weighted by atomic mass is 16.3. The number of rotatable bonds is 4. The van der Waals surface area contributed by atoms with Crippen LogP contribution in [0.15, 0.2) is 12.4 Å². The first kappa shape index (κ1) is 13.2. The summed E-state index contributed by atoms with van der Waals surface area (Å²) in [5.41, 5.74) is 0.320. The van der Waals surface area contributed by atoms with Crippen molar-refractivity contribution in [3.63, 3.8) is 0 Å². The van der Waals surface area contributed by atoms with E-state index in [-0.39, 0.29) is 0 Å². The van der Waals surface area contributed by atoms with Crippen molar-refractivity contribution in [3.8, 4) is 0 Å². The van der Waals surface area contributed by atoms with Crippen LogP contribution >= 0.6 is 0 Å². The lowest BCUT2D eigenvalue weighted by Gasteiger charge is -2.24. The Morgan fingerprint density at radius 1 is 1.44 bits per heavy atom. The molecule has 0 aliphatic rings. The fourth-order valence-corrected chi connectivity index (χ4v) is 2.31. The first-order chi connectivity index (χ1) is 7.29. The van der Waals surface area contributed by atoms with Crippen LogP contribution in [0, 0.1) is 11.3 Å². The van der Waals surface area contributed by atoms with Gasteiger partial charge in [0.15, 0.2) is 0 Å². The van der Waals surface area contributed by atoms with E-state index in [4.69, 9.17) is 0 Å². The summed E-state index contributed by atoms with van der Waals surface area (Å²) in [6.45, 7) is 8.89. The highest BCUT2D eigenvalue weighted by Crippen LogP contribution is 2.29. The van der Waals surface area contributed by atoms with E-state index >= 15 is 0 Å². The van der Waals surface area contributed by atoms with Gasteiger partial charge < -0.3 is 9.67 Å². The summed E-state index contributed by atoms with van der Waals surface area (Å²) in [7, 11) is 1.92. The molecular weight excluding hydrogens is 200 g/mol. The lowest BCUT2D eigenvalue weighted by atomic mass is 9.83. The van der Waals surface area contributed by atoms with Crippen molar-refractivity contribution in [3.05, 3.63) is 18.2 Å². The number of aliphatic hydroxyl groups is 1. The summed E-state index contributed by atoms with van der Waals surface area (Å²) in [4.78, 5) is 4.18. The van der Waals surface area contributed by atoms with Crippen LogP contribution in [-0.4, -0.2) is 14.7 Å². The van der Waals surface area contributed by atoms with Gasteiger partial charge in [-0.1, -0.05) is 27.7 Å². The molecule has 0 aliphatic carbocycles. The highest BCUT2D eigenvalue weighted by Gasteiger charge is 2.20. The molecule has 3 heteroatoms. The quantitative estimate of drug-likeness (QED) is 0.854. The predicted octanol–water partition coefficient (Wildman–Crippen LogP) is 2.92. The van der Waals surface area contributed by atoms with E-state index in [1.54, 1.807) is 6.20 Å². The summed E-state index contributed by atoms with van der Waals surface area (Å²) < 4.78 is 1.88. The predicted molar refractivity (Wildman–Crippen MR) is 66.0 cm³/mol. The van der Waals surface area contributed by atoms with Gasteiger partial charge in [0.05, 0.1) is 0 Å². The third-order valence-electron chi connectivity index (χ3n) is 2.74. The van der Waals surface area contributed by atoms with E-state index in [9.17, 15) is 5.11 Å². The minimum atomic E-state index is -0.447. The molecule has 0 spiro atoms. The summed E-state index contributed by atoms with van der Waals surface area (Å²) in [6.07, 6.45) is 5.05. The number of imidazole rings is 1. The van der Waals surface area contributed by atoms with Gasteiger partial charge in [-0.3, -0.25) is 0 Å². The van der Waals surface area contributed by atoms with Crippen molar-refractivity contribution in [2.45, 2.75) is 46.6 Å². The summed E-state index contributed by atoms with van der Waals surface area (Å²) in [5, 5.41) is 10.1. The topological polar surface area (TPSA) is 38.1 Å². The van der Waals surface area contributed by atoms with Gasteiger partial charge in [-0.15, -0.1) is 0 Å². The third kappa shape index (κ3) is 3.97. The fraction of sp³-hybridized carbons (Fsp3) is 0.769. The number of aryl methyl sites for hydroxylation is 1. The Morgan fingerprint density at radius 3 is 2.50 bits per heavy atom. The Morgan fingerprint density at radius 2 is 2.06 bits per heavy atom. The first-order valence-corrected chi connectivity index (χ1v) is 5.95. The second-order valence-electron chi connectivity index (χ2n) is 6.02. The minimum absolute atomic E-state index is 0.320. The van der Waals surface area contributed by atoms with Gasteiger partial charge in [0.25, 0.3) is 0 Å². The summed E-state index contributed by atoms with van der Waals surface area (Å²) in [5.74, 6) is 1.27. The Balaban J connectivity index is 2.52. The maximum Gasteiger partial charge on any atom is 0.137 e. The largest absolute Gasteiger partial charge is 0.385 e. The number of hydrogen-bond donors (Lipinski definition) is 1. The van der Waals surface area contributed by atoms with Crippen molar-refractivity contribution < 1.29 is 5.11 Å². The van der Waals surface area contributed by atoms with E-state index in [1.807, 2.05) is 17.8 Å². The Hall–Kier alpha value is -0.830. The van der Waals surface area contributed by atoms with E-state index < -0.39 is 6.10 Å². The van der Waals surface area contributed by atoms with E-state index in [0.29, 0.717) is 11.3 Å². The van der Waals surface area contributed by atoms with Crippen LogP contribution in [0.25, 0.3) is 0 Å². The van der Waals surface area contributed by atoms with Crippen LogP contribution in [0.4, 0.5) is 0 Å². The molecule has 0 amide bonds. The average Bonchev–Trinajstić information content (AvgIpc) is 2.47. The molecule has 0 saturated carbocycles.